The highest BCUT2D eigenvalue weighted by Gasteiger charge is 2.33. The molecule has 5 aliphatic rings. The average molecular weight is 789 g/mol. The van der Waals surface area contributed by atoms with Gasteiger partial charge in [0.2, 0.25) is 11.8 Å². The van der Waals surface area contributed by atoms with Crippen molar-refractivity contribution in [1.29, 1.82) is 0 Å². The number of carbonyl (C=O) groups is 4. The molecule has 1 N–H and O–H groups in total. The number of nitrogens with zero attached hydrogens (tertiary/aromatic N) is 5. The maximum atomic E-state index is 13.2. The molecule has 3 fully saturated rings. The van der Waals surface area contributed by atoms with Crippen LogP contribution < -0.4 is 5.32 Å². The summed E-state index contributed by atoms with van der Waals surface area (Å²) in [6, 6.07) is 12.6. The van der Waals surface area contributed by atoms with Crippen LogP contribution in [-0.4, -0.2) is 92.8 Å². The summed E-state index contributed by atoms with van der Waals surface area (Å²) in [7, 11) is 0. The molecular weight excluding hydrogens is 725 g/mol. The van der Waals surface area contributed by atoms with Crippen molar-refractivity contribution < 1.29 is 19.2 Å². The van der Waals surface area contributed by atoms with Crippen LogP contribution in [0.4, 0.5) is 0 Å². The molecule has 58 heavy (non-hydrogen) atoms. The van der Waals surface area contributed by atoms with E-state index in [2.05, 4.69) is 37.1 Å². The van der Waals surface area contributed by atoms with Crippen LogP contribution in [0.3, 0.4) is 0 Å². The van der Waals surface area contributed by atoms with Crippen molar-refractivity contribution in [3.05, 3.63) is 70.0 Å². The fourth-order valence-corrected chi connectivity index (χ4v) is 10.0. The van der Waals surface area contributed by atoms with E-state index in [9.17, 15) is 19.2 Å². The number of fused-ring (bicyclic) bond motifs is 6. The first-order valence-corrected chi connectivity index (χ1v) is 22.6. The zero-order valence-electron chi connectivity index (χ0n) is 35.4. The SMILES string of the molecule is CCCC(=O)n1c2c(c3cc(C(=O)N4CCC(C)CC4)ccc31)CN(C1CCC1)CC2.CCCC(=O)n1c2c(c3cc(C(=O)N4CCC(C)CC4)ccc31)CNCC2. The summed E-state index contributed by atoms with van der Waals surface area (Å²) in [5.41, 5.74) is 8.21. The molecule has 1 aliphatic carbocycles. The molecule has 9 rings (SSSR count). The maximum absolute atomic E-state index is 13.2. The Labute approximate surface area is 344 Å². The summed E-state index contributed by atoms with van der Waals surface area (Å²) >= 11 is 0. The lowest BCUT2D eigenvalue weighted by atomic mass is 9.89. The lowest BCUT2D eigenvalue weighted by molar-refractivity contribution is 0.0689. The van der Waals surface area contributed by atoms with Gasteiger partial charge in [0.05, 0.1) is 11.0 Å². The number of hydrogen-bond donors (Lipinski definition) is 1. The van der Waals surface area contributed by atoms with E-state index in [0.717, 1.165) is 142 Å². The van der Waals surface area contributed by atoms with Gasteiger partial charge in [-0.3, -0.25) is 33.2 Å². The molecule has 4 aromatic rings. The van der Waals surface area contributed by atoms with Crippen molar-refractivity contribution in [3.8, 4) is 0 Å². The Morgan fingerprint density at radius 2 is 1.14 bits per heavy atom. The van der Waals surface area contributed by atoms with Crippen LogP contribution >= 0.6 is 0 Å². The summed E-state index contributed by atoms with van der Waals surface area (Å²) in [6.45, 7) is 15.6. The molecule has 0 bridgehead atoms. The largest absolute Gasteiger partial charge is 0.339 e. The molecule has 2 aromatic carbocycles. The van der Waals surface area contributed by atoms with E-state index >= 15 is 0 Å². The zero-order chi connectivity index (χ0) is 40.5. The Morgan fingerprint density at radius 1 is 0.638 bits per heavy atom. The van der Waals surface area contributed by atoms with Gasteiger partial charge in [-0.1, -0.05) is 34.1 Å². The smallest absolute Gasteiger partial charge is 0.253 e. The zero-order valence-corrected chi connectivity index (χ0v) is 35.4. The Balaban J connectivity index is 0.000000164. The second kappa shape index (κ2) is 17.5. The highest BCUT2D eigenvalue weighted by Crippen LogP contribution is 2.36. The number of nitrogens with one attached hydrogen (secondary N) is 1. The minimum absolute atomic E-state index is 0.119. The number of rotatable bonds is 7. The third-order valence-electron chi connectivity index (χ3n) is 13.9. The molecule has 0 unspecified atom stereocenters. The summed E-state index contributed by atoms with van der Waals surface area (Å²) in [4.78, 5) is 58.6. The quantitative estimate of drug-likeness (QED) is 0.202. The van der Waals surface area contributed by atoms with Crippen LogP contribution in [0, 0.1) is 11.8 Å². The molecule has 2 aromatic heterocycles. The third-order valence-corrected chi connectivity index (χ3v) is 13.9. The molecule has 2 amide bonds. The van der Waals surface area contributed by atoms with Gasteiger partial charge in [-0.15, -0.1) is 0 Å². The number of carbonyl (C=O) groups excluding carboxylic acids is 4. The minimum atomic E-state index is 0.119. The summed E-state index contributed by atoms with van der Waals surface area (Å²) < 4.78 is 3.88. The number of hydrogen-bond acceptors (Lipinski definition) is 6. The van der Waals surface area contributed by atoms with Gasteiger partial charge in [-0.2, -0.15) is 0 Å². The lowest BCUT2D eigenvalue weighted by Crippen LogP contribution is -2.43. The van der Waals surface area contributed by atoms with Gasteiger partial charge >= 0.3 is 0 Å². The van der Waals surface area contributed by atoms with Gasteiger partial charge in [0.1, 0.15) is 0 Å². The normalized spacial score (nSPS) is 19.4. The Morgan fingerprint density at radius 3 is 1.62 bits per heavy atom. The van der Waals surface area contributed by atoms with E-state index in [-0.39, 0.29) is 23.6 Å². The number of piperidine rings is 2. The number of likely N-dealkylation sites (tertiary alicyclic amines) is 2. The van der Waals surface area contributed by atoms with Gasteiger partial charge in [0.15, 0.2) is 0 Å². The van der Waals surface area contributed by atoms with Gasteiger partial charge in [-0.25, -0.2) is 0 Å². The fraction of sp³-hybridized carbons (Fsp3) is 0.583. The fourth-order valence-electron chi connectivity index (χ4n) is 10.0. The van der Waals surface area contributed by atoms with Crippen molar-refractivity contribution in [1.82, 2.24) is 29.2 Å². The van der Waals surface area contributed by atoms with Crippen LogP contribution in [-0.2, 0) is 25.9 Å². The van der Waals surface area contributed by atoms with Crippen LogP contribution in [0.1, 0.15) is 151 Å². The highest BCUT2D eigenvalue weighted by molar-refractivity contribution is 6.03. The molecule has 4 aliphatic heterocycles. The van der Waals surface area contributed by atoms with E-state index < -0.39 is 0 Å². The van der Waals surface area contributed by atoms with E-state index in [4.69, 9.17) is 0 Å². The molecule has 10 nitrogen and oxygen atoms in total. The summed E-state index contributed by atoms with van der Waals surface area (Å²) in [6.07, 6.45) is 12.8. The summed E-state index contributed by atoms with van der Waals surface area (Å²) in [5.74, 6) is 2.02. The third kappa shape index (κ3) is 7.91. The first-order chi connectivity index (χ1) is 28.2. The maximum Gasteiger partial charge on any atom is 0.253 e. The van der Waals surface area contributed by atoms with Crippen molar-refractivity contribution in [3.63, 3.8) is 0 Å². The minimum Gasteiger partial charge on any atom is -0.339 e. The number of amides is 2. The van der Waals surface area contributed by atoms with E-state index in [1.807, 2.05) is 56.2 Å². The van der Waals surface area contributed by atoms with Gasteiger partial charge in [0.25, 0.3) is 11.8 Å². The topological polar surface area (TPSA) is 99.9 Å². The van der Waals surface area contributed by atoms with E-state index in [1.165, 1.54) is 36.1 Å². The number of aromatic nitrogens is 2. The second-order valence-corrected chi connectivity index (χ2v) is 18.0. The molecule has 0 radical (unpaired) electrons. The van der Waals surface area contributed by atoms with Crippen molar-refractivity contribution in [2.75, 3.05) is 39.3 Å². The second-order valence-electron chi connectivity index (χ2n) is 18.0. The molecule has 6 heterocycles. The molecule has 0 spiro atoms. The Bertz CT molecular complexity index is 2180. The van der Waals surface area contributed by atoms with E-state index in [1.54, 1.807) is 0 Å². The summed E-state index contributed by atoms with van der Waals surface area (Å²) in [5, 5.41) is 5.58. The first-order valence-electron chi connectivity index (χ1n) is 22.6. The predicted molar refractivity (Wildman–Crippen MR) is 231 cm³/mol. The van der Waals surface area contributed by atoms with E-state index in [0.29, 0.717) is 30.7 Å². The predicted octanol–water partition coefficient (Wildman–Crippen LogP) is 8.46. The lowest BCUT2D eigenvalue weighted by Gasteiger charge is -2.40. The molecule has 10 heteroatoms. The first kappa shape index (κ1) is 40.5. The van der Waals surface area contributed by atoms with Crippen molar-refractivity contribution in [2.45, 2.75) is 130 Å². The standard InChI is InChI=1S/C26H35N3O2.C22H29N3O2/c1-3-5-25(30)29-23-9-8-19(26(31)27-13-10-18(2)11-14-27)16-21(23)22-17-28(15-12-24(22)29)20-6-4-7-20;1-3-4-21(26)25-19-6-5-16(22(27)24-11-8-15(2)9-12-24)13-17(19)18-14-23-10-7-20(18)25/h8-9,16,18,20H,3-7,10-15,17H2,1-2H3;5-6,13,15,23H,3-4,7-12,14H2,1-2H3. The molecular formula is C48H64N6O4. The Hall–Kier alpha value is -4.28. The molecule has 0 atom stereocenters. The van der Waals surface area contributed by atoms with Crippen LogP contribution in [0.2, 0.25) is 0 Å². The molecule has 310 valence electrons. The molecule has 1 saturated carbocycles. The van der Waals surface area contributed by atoms with Crippen LogP contribution in [0.25, 0.3) is 21.8 Å². The average Bonchev–Trinajstić information content (AvgIpc) is 3.73. The van der Waals surface area contributed by atoms with Crippen LogP contribution in [0.15, 0.2) is 36.4 Å². The molecule has 2 saturated heterocycles. The van der Waals surface area contributed by atoms with Gasteiger partial charge in [-0.05, 0) is 111 Å². The van der Waals surface area contributed by atoms with Gasteiger partial charge in [0, 0.05) is 117 Å². The van der Waals surface area contributed by atoms with Gasteiger partial charge < -0.3 is 15.1 Å². The van der Waals surface area contributed by atoms with Crippen LogP contribution in [0.5, 0.6) is 0 Å². The highest BCUT2D eigenvalue weighted by atomic mass is 16.2. The Kier molecular flexibility index (Phi) is 12.2. The monoisotopic (exact) mass is 788 g/mol. The number of benzene rings is 2. The van der Waals surface area contributed by atoms with Crippen molar-refractivity contribution in [2.24, 2.45) is 11.8 Å². The van der Waals surface area contributed by atoms with Crippen molar-refractivity contribution >= 4 is 45.4 Å².